The van der Waals surface area contributed by atoms with Crippen molar-refractivity contribution in [3.8, 4) is 29.6 Å². The summed E-state index contributed by atoms with van der Waals surface area (Å²) in [5.41, 5.74) is 2.79. The Labute approximate surface area is 263 Å². The number of alkyl halides is 1. The monoisotopic (exact) mass is 627 g/mol. The normalized spacial score (nSPS) is 25.7. The maximum atomic E-state index is 14.5. The van der Waals surface area contributed by atoms with E-state index in [0.29, 0.717) is 45.1 Å². The standard InChI is InChI=1S/C33H34FN7O3S/c1-4-21-19(2)12-24-23(14-36-39-24)25(21)27-28-22(6-8-35-27)26-29(40-10-11-43-17-32(3,42)16-40)37-31(38-30(26)45-28)44-18-33-7-5-9-41(33)15-20(34)13-33/h1,6,8,12,14,20,42H,5,7,9-11,13,15-18H2,2-3H3,(H,36,39)/t20-,32+,33+/m1/s1. The predicted octanol–water partition coefficient (Wildman–Crippen LogP) is 4.62. The van der Waals surface area contributed by atoms with Crippen LogP contribution in [0.1, 0.15) is 37.3 Å². The Morgan fingerprint density at radius 2 is 2.20 bits per heavy atom. The van der Waals surface area contributed by atoms with Gasteiger partial charge in [-0.1, -0.05) is 5.92 Å². The number of fused-ring (bicyclic) bond motifs is 5. The SMILES string of the molecule is C#Cc1c(C)cc2[nH]ncc2c1-c1nccc2c1sc1nc(OC[C@@]34CCCN3C[C@H](F)C4)nc(N3CCOC[C@@](C)(O)C3)c12. The van der Waals surface area contributed by atoms with Crippen LogP contribution in [0.2, 0.25) is 0 Å². The topological polar surface area (TPSA) is 113 Å². The van der Waals surface area contributed by atoms with Crippen molar-refractivity contribution in [3.05, 3.63) is 35.7 Å². The van der Waals surface area contributed by atoms with Crippen LogP contribution in [0, 0.1) is 19.3 Å². The molecule has 0 amide bonds. The van der Waals surface area contributed by atoms with E-state index in [9.17, 15) is 9.50 Å². The van der Waals surface area contributed by atoms with Gasteiger partial charge in [-0.25, -0.2) is 4.39 Å². The van der Waals surface area contributed by atoms with E-state index in [1.54, 1.807) is 19.3 Å². The van der Waals surface area contributed by atoms with Crippen LogP contribution in [0.4, 0.5) is 10.2 Å². The lowest BCUT2D eigenvalue weighted by atomic mass is 9.95. The van der Waals surface area contributed by atoms with Gasteiger partial charge in [0, 0.05) is 47.6 Å². The smallest absolute Gasteiger partial charge is 0.319 e. The van der Waals surface area contributed by atoms with Crippen LogP contribution in [0.3, 0.4) is 0 Å². The summed E-state index contributed by atoms with van der Waals surface area (Å²) in [6.07, 6.45) is 11.2. The summed E-state index contributed by atoms with van der Waals surface area (Å²) in [5, 5.41) is 21.2. The number of H-pyrrole nitrogens is 1. The molecule has 12 heteroatoms. The lowest BCUT2D eigenvalue weighted by Crippen LogP contribution is -2.43. The van der Waals surface area contributed by atoms with Crippen molar-refractivity contribution in [2.24, 2.45) is 0 Å². The minimum Gasteiger partial charge on any atom is -0.461 e. The second-order valence-electron chi connectivity index (χ2n) is 12.9. The van der Waals surface area contributed by atoms with Crippen LogP contribution < -0.4 is 9.64 Å². The molecule has 232 valence electrons. The summed E-state index contributed by atoms with van der Waals surface area (Å²) in [6.45, 7) is 6.94. The molecule has 7 heterocycles. The van der Waals surface area contributed by atoms with Gasteiger partial charge in [0.05, 0.1) is 52.8 Å². The van der Waals surface area contributed by atoms with Crippen molar-refractivity contribution in [3.63, 3.8) is 0 Å². The fourth-order valence-electron chi connectivity index (χ4n) is 7.52. The zero-order valence-electron chi connectivity index (χ0n) is 25.3. The predicted molar refractivity (Wildman–Crippen MR) is 173 cm³/mol. The first-order valence-corrected chi connectivity index (χ1v) is 16.2. The number of nitrogens with zero attached hydrogens (tertiary/aromatic N) is 6. The molecule has 4 aromatic heterocycles. The van der Waals surface area contributed by atoms with E-state index in [1.807, 2.05) is 19.1 Å². The molecule has 0 spiro atoms. The van der Waals surface area contributed by atoms with Crippen LogP contribution in [-0.4, -0.2) is 98.5 Å². The largest absolute Gasteiger partial charge is 0.461 e. The summed E-state index contributed by atoms with van der Waals surface area (Å²) in [5.74, 6) is 3.55. The molecule has 0 radical (unpaired) electrons. The maximum Gasteiger partial charge on any atom is 0.319 e. The Balaban J connectivity index is 1.31. The molecule has 3 atom stereocenters. The number of pyridine rings is 1. The number of rotatable bonds is 5. The number of halogens is 1. The molecule has 3 saturated heterocycles. The number of β-amino-alcohol motifs (C(OH)–C–C–N with tert-alkyl or cyclic N) is 1. The zero-order chi connectivity index (χ0) is 30.9. The van der Waals surface area contributed by atoms with Gasteiger partial charge in [0.15, 0.2) is 0 Å². The van der Waals surface area contributed by atoms with Crippen molar-refractivity contribution >= 4 is 48.4 Å². The first kappa shape index (κ1) is 28.6. The van der Waals surface area contributed by atoms with Crippen molar-refractivity contribution < 1.29 is 19.0 Å². The van der Waals surface area contributed by atoms with Crippen molar-refractivity contribution in [1.82, 2.24) is 30.0 Å². The molecule has 0 aliphatic carbocycles. The summed E-state index contributed by atoms with van der Waals surface area (Å²) in [4.78, 5) is 19.8. The number of thiophene rings is 1. The molecule has 3 fully saturated rings. The molecule has 10 nitrogen and oxygen atoms in total. The van der Waals surface area contributed by atoms with Crippen LogP contribution in [0.5, 0.6) is 6.01 Å². The van der Waals surface area contributed by atoms with Gasteiger partial charge in [-0.2, -0.15) is 15.1 Å². The second kappa shape index (κ2) is 10.6. The van der Waals surface area contributed by atoms with E-state index in [2.05, 4.69) is 25.9 Å². The Morgan fingerprint density at radius 1 is 1.31 bits per heavy atom. The highest BCUT2D eigenvalue weighted by atomic mass is 32.1. The lowest BCUT2D eigenvalue weighted by Gasteiger charge is -2.31. The van der Waals surface area contributed by atoms with Crippen LogP contribution in [-0.2, 0) is 4.74 Å². The Kier molecular flexibility index (Phi) is 6.73. The van der Waals surface area contributed by atoms with E-state index < -0.39 is 11.8 Å². The summed E-state index contributed by atoms with van der Waals surface area (Å²) >= 11 is 1.51. The first-order chi connectivity index (χ1) is 21.7. The number of hydrogen-bond acceptors (Lipinski definition) is 10. The fraction of sp³-hybridized carbons (Fsp3) is 0.455. The number of benzene rings is 1. The minimum absolute atomic E-state index is 0.227. The summed E-state index contributed by atoms with van der Waals surface area (Å²) in [6, 6.07) is 4.22. The molecular formula is C33H34FN7O3S. The maximum absolute atomic E-state index is 14.5. The van der Waals surface area contributed by atoms with Gasteiger partial charge >= 0.3 is 6.01 Å². The number of nitrogens with one attached hydrogen (secondary N) is 1. The Hall–Kier alpha value is -3.89. The van der Waals surface area contributed by atoms with Crippen LogP contribution >= 0.6 is 11.3 Å². The van der Waals surface area contributed by atoms with Gasteiger partial charge in [0.2, 0.25) is 0 Å². The molecule has 8 rings (SSSR count). The minimum atomic E-state index is -1.08. The number of anilines is 1. The first-order valence-electron chi connectivity index (χ1n) is 15.4. The Morgan fingerprint density at radius 3 is 3.07 bits per heavy atom. The molecule has 45 heavy (non-hydrogen) atoms. The lowest BCUT2D eigenvalue weighted by molar-refractivity contribution is -0.0123. The average molecular weight is 628 g/mol. The van der Waals surface area contributed by atoms with Crippen molar-refractivity contribution in [1.29, 1.82) is 0 Å². The number of aromatic nitrogens is 5. The molecule has 5 aromatic rings. The number of aromatic amines is 1. The van der Waals surface area contributed by atoms with E-state index in [4.69, 9.17) is 30.8 Å². The number of aliphatic hydroxyl groups is 1. The van der Waals surface area contributed by atoms with Crippen LogP contribution in [0.15, 0.2) is 24.5 Å². The number of terminal acetylenes is 1. The highest BCUT2D eigenvalue weighted by Gasteiger charge is 2.49. The highest BCUT2D eigenvalue weighted by molar-refractivity contribution is 7.26. The molecule has 2 N–H and O–H groups in total. The third kappa shape index (κ3) is 4.72. The number of ether oxygens (including phenoxy) is 2. The molecule has 1 aromatic carbocycles. The summed E-state index contributed by atoms with van der Waals surface area (Å²) in [7, 11) is 0. The van der Waals surface area contributed by atoms with E-state index >= 15 is 0 Å². The van der Waals surface area contributed by atoms with Crippen molar-refractivity contribution in [2.45, 2.75) is 50.4 Å². The van der Waals surface area contributed by atoms with Gasteiger partial charge < -0.3 is 19.5 Å². The zero-order valence-corrected chi connectivity index (χ0v) is 26.1. The van der Waals surface area contributed by atoms with E-state index in [1.165, 1.54) is 11.3 Å². The second-order valence-corrected chi connectivity index (χ2v) is 13.9. The van der Waals surface area contributed by atoms with E-state index in [0.717, 1.165) is 73.0 Å². The van der Waals surface area contributed by atoms with E-state index in [-0.39, 0.29) is 18.2 Å². The highest BCUT2D eigenvalue weighted by Crippen LogP contribution is 2.45. The summed E-state index contributed by atoms with van der Waals surface area (Å²) < 4.78 is 27.5. The van der Waals surface area contributed by atoms with Gasteiger partial charge in [-0.3, -0.25) is 15.0 Å². The third-order valence-electron chi connectivity index (χ3n) is 9.51. The average Bonchev–Trinajstić information content (AvgIpc) is 3.75. The molecular weight excluding hydrogens is 593 g/mol. The van der Waals surface area contributed by atoms with Crippen LogP contribution in [0.25, 0.3) is 42.5 Å². The molecule has 0 bridgehead atoms. The quantitative estimate of drug-likeness (QED) is 0.270. The van der Waals surface area contributed by atoms with Gasteiger partial charge in [-0.05, 0) is 50.9 Å². The number of hydrogen-bond donors (Lipinski definition) is 2. The van der Waals surface area contributed by atoms with Gasteiger partial charge in [-0.15, -0.1) is 17.8 Å². The Bertz CT molecular complexity index is 2000. The van der Waals surface area contributed by atoms with Gasteiger partial charge in [0.25, 0.3) is 0 Å². The fourth-order valence-corrected chi connectivity index (χ4v) is 8.68. The third-order valence-corrected chi connectivity index (χ3v) is 10.6. The number of aryl methyl sites for hydroxylation is 1. The molecule has 0 unspecified atom stereocenters. The molecule has 0 saturated carbocycles. The van der Waals surface area contributed by atoms with Crippen molar-refractivity contribution in [2.75, 3.05) is 50.9 Å². The van der Waals surface area contributed by atoms with Gasteiger partial charge in [0.1, 0.15) is 29.0 Å². The molecule has 3 aliphatic rings. The molecule has 3 aliphatic heterocycles.